The molecule has 17 heavy (non-hydrogen) atoms. The summed E-state index contributed by atoms with van der Waals surface area (Å²) >= 11 is 0. The van der Waals surface area contributed by atoms with Gasteiger partial charge in [0.1, 0.15) is 5.75 Å². The van der Waals surface area contributed by atoms with Crippen molar-refractivity contribution < 1.29 is 9.84 Å². The van der Waals surface area contributed by atoms with Crippen LogP contribution in [0.25, 0.3) is 0 Å². The van der Waals surface area contributed by atoms with Gasteiger partial charge in [-0.25, -0.2) is 0 Å². The van der Waals surface area contributed by atoms with E-state index < -0.39 is 0 Å². The predicted octanol–water partition coefficient (Wildman–Crippen LogP) is 1.18. The van der Waals surface area contributed by atoms with Gasteiger partial charge in [-0.1, -0.05) is 6.07 Å². The molecule has 4 heteroatoms. The minimum Gasteiger partial charge on any atom is -0.492 e. The molecule has 4 nitrogen and oxygen atoms in total. The second-order valence-corrected chi connectivity index (χ2v) is 3.88. The average Bonchev–Trinajstić information content (AvgIpc) is 2.32. The van der Waals surface area contributed by atoms with Crippen LogP contribution in [0, 0.1) is 0 Å². The maximum absolute atomic E-state index is 8.63. The Morgan fingerprint density at radius 2 is 2.18 bits per heavy atom. The molecule has 96 valence electrons. The summed E-state index contributed by atoms with van der Waals surface area (Å²) in [5, 5.41) is 11.9. The number of rotatable bonds is 8. The summed E-state index contributed by atoms with van der Waals surface area (Å²) in [5.41, 5.74) is 7.77. The molecule has 0 saturated heterocycles. The molecule has 0 atom stereocenters. The zero-order valence-corrected chi connectivity index (χ0v) is 10.4. The maximum Gasteiger partial charge on any atom is 0.142 e. The van der Waals surface area contributed by atoms with Gasteiger partial charge in [0, 0.05) is 6.61 Å². The lowest BCUT2D eigenvalue weighted by molar-refractivity contribution is 0.286. The van der Waals surface area contributed by atoms with E-state index in [0.717, 1.165) is 31.7 Å². The third-order valence-electron chi connectivity index (χ3n) is 2.48. The SMILES string of the molecule is CCOc1ccc(CCNCCCO)cc1N. The number of benzene rings is 1. The van der Waals surface area contributed by atoms with E-state index in [4.69, 9.17) is 15.6 Å². The van der Waals surface area contributed by atoms with E-state index in [9.17, 15) is 0 Å². The maximum atomic E-state index is 8.63. The van der Waals surface area contributed by atoms with Gasteiger partial charge in [-0.2, -0.15) is 0 Å². The smallest absolute Gasteiger partial charge is 0.142 e. The number of aliphatic hydroxyl groups is 1. The van der Waals surface area contributed by atoms with Gasteiger partial charge < -0.3 is 20.9 Å². The Balaban J connectivity index is 2.36. The Morgan fingerprint density at radius 1 is 1.35 bits per heavy atom. The van der Waals surface area contributed by atoms with Crippen molar-refractivity contribution in [2.75, 3.05) is 32.0 Å². The summed E-state index contributed by atoms with van der Waals surface area (Å²) in [5.74, 6) is 0.754. The van der Waals surface area contributed by atoms with Gasteiger partial charge in [0.15, 0.2) is 0 Å². The number of nitrogens with one attached hydrogen (secondary N) is 1. The van der Waals surface area contributed by atoms with E-state index in [1.165, 1.54) is 5.56 Å². The van der Waals surface area contributed by atoms with E-state index in [-0.39, 0.29) is 6.61 Å². The number of nitrogen functional groups attached to an aromatic ring is 1. The normalized spacial score (nSPS) is 10.5. The third kappa shape index (κ3) is 5.06. The first kappa shape index (κ1) is 13.8. The molecule has 0 aliphatic rings. The predicted molar refractivity (Wildman–Crippen MR) is 70.3 cm³/mol. The fourth-order valence-electron chi connectivity index (χ4n) is 1.60. The summed E-state index contributed by atoms with van der Waals surface area (Å²) in [4.78, 5) is 0. The first-order chi connectivity index (χ1) is 8.27. The van der Waals surface area contributed by atoms with Crippen molar-refractivity contribution in [2.45, 2.75) is 19.8 Å². The van der Waals surface area contributed by atoms with Gasteiger partial charge in [-0.05, 0) is 50.6 Å². The van der Waals surface area contributed by atoms with Crippen molar-refractivity contribution in [3.8, 4) is 5.75 Å². The molecule has 0 radical (unpaired) electrons. The van der Waals surface area contributed by atoms with E-state index in [1.54, 1.807) is 0 Å². The van der Waals surface area contributed by atoms with Crippen LogP contribution in [0.15, 0.2) is 18.2 Å². The highest BCUT2D eigenvalue weighted by Crippen LogP contribution is 2.22. The second kappa shape index (κ2) is 7.92. The summed E-state index contributed by atoms with van der Waals surface area (Å²) in [6.45, 7) is 4.56. The fraction of sp³-hybridized carbons (Fsp3) is 0.538. The highest BCUT2D eigenvalue weighted by Gasteiger charge is 2.01. The summed E-state index contributed by atoms with van der Waals surface area (Å²) in [6, 6.07) is 5.91. The van der Waals surface area contributed by atoms with Gasteiger partial charge in [-0.15, -0.1) is 0 Å². The van der Waals surface area contributed by atoms with Crippen molar-refractivity contribution in [1.29, 1.82) is 0 Å². The van der Waals surface area contributed by atoms with E-state index in [0.29, 0.717) is 12.3 Å². The molecule has 4 N–H and O–H groups in total. The highest BCUT2D eigenvalue weighted by atomic mass is 16.5. The van der Waals surface area contributed by atoms with Crippen LogP contribution in [0.5, 0.6) is 5.75 Å². The van der Waals surface area contributed by atoms with Crippen LogP contribution in [-0.2, 0) is 6.42 Å². The number of hydrogen-bond acceptors (Lipinski definition) is 4. The Labute approximate surface area is 103 Å². The molecule has 1 aromatic carbocycles. The second-order valence-electron chi connectivity index (χ2n) is 3.88. The molecule has 0 spiro atoms. The molecular weight excluding hydrogens is 216 g/mol. The van der Waals surface area contributed by atoms with Gasteiger partial charge in [0.05, 0.1) is 12.3 Å². The Morgan fingerprint density at radius 3 is 2.82 bits per heavy atom. The van der Waals surface area contributed by atoms with Crippen molar-refractivity contribution in [3.05, 3.63) is 23.8 Å². The Kier molecular flexibility index (Phi) is 6.43. The lowest BCUT2D eigenvalue weighted by Gasteiger charge is -2.09. The van der Waals surface area contributed by atoms with Crippen LogP contribution in [0.2, 0.25) is 0 Å². The molecule has 0 bridgehead atoms. The fourth-order valence-corrected chi connectivity index (χ4v) is 1.60. The summed E-state index contributed by atoms with van der Waals surface area (Å²) in [6.07, 6.45) is 1.73. The largest absolute Gasteiger partial charge is 0.492 e. The standard InChI is InChI=1S/C13H22N2O2/c1-2-17-13-5-4-11(10-12(13)14)6-8-15-7-3-9-16/h4-5,10,15-16H,2-3,6-9,14H2,1H3. The number of hydrogen-bond donors (Lipinski definition) is 3. The van der Waals surface area contributed by atoms with Crippen LogP contribution in [-0.4, -0.2) is 31.4 Å². The molecule has 0 aromatic heterocycles. The summed E-state index contributed by atoms with van der Waals surface area (Å²) in [7, 11) is 0. The highest BCUT2D eigenvalue weighted by molar-refractivity contribution is 5.54. The van der Waals surface area contributed by atoms with Crippen molar-refractivity contribution in [2.24, 2.45) is 0 Å². The van der Waals surface area contributed by atoms with Crippen LogP contribution < -0.4 is 15.8 Å². The lowest BCUT2D eigenvalue weighted by atomic mass is 10.1. The molecule has 0 aliphatic heterocycles. The first-order valence-corrected chi connectivity index (χ1v) is 6.10. The Hall–Kier alpha value is -1.26. The van der Waals surface area contributed by atoms with Crippen LogP contribution in [0.4, 0.5) is 5.69 Å². The topological polar surface area (TPSA) is 67.5 Å². The first-order valence-electron chi connectivity index (χ1n) is 6.10. The molecule has 0 fully saturated rings. The van der Waals surface area contributed by atoms with Gasteiger partial charge in [0.25, 0.3) is 0 Å². The van der Waals surface area contributed by atoms with E-state index >= 15 is 0 Å². The number of ether oxygens (including phenoxy) is 1. The van der Waals surface area contributed by atoms with Crippen molar-refractivity contribution in [3.63, 3.8) is 0 Å². The molecule has 0 heterocycles. The zero-order valence-electron chi connectivity index (χ0n) is 10.4. The van der Waals surface area contributed by atoms with E-state index in [2.05, 4.69) is 5.32 Å². The quantitative estimate of drug-likeness (QED) is 0.470. The number of aliphatic hydroxyl groups excluding tert-OH is 1. The number of nitrogens with two attached hydrogens (primary N) is 1. The molecule has 1 aromatic rings. The molecule has 0 amide bonds. The number of anilines is 1. The minimum absolute atomic E-state index is 0.239. The van der Waals surface area contributed by atoms with Gasteiger partial charge in [-0.3, -0.25) is 0 Å². The monoisotopic (exact) mass is 238 g/mol. The van der Waals surface area contributed by atoms with Crippen LogP contribution >= 0.6 is 0 Å². The molecular formula is C13H22N2O2. The van der Waals surface area contributed by atoms with Crippen molar-refractivity contribution >= 4 is 5.69 Å². The van der Waals surface area contributed by atoms with Crippen LogP contribution in [0.3, 0.4) is 0 Å². The van der Waals surface area contributed by atoms with E-state index in [1.807, 2.05) is 25.1 Å². The van der Waals surface area contributed by atoms with Gasteiger partial charge >= 0.3 is 0 Å². The van der Waals surface area contributed by atoms with Crippen molar-refractivity contribution in [1.82, 2.24) is 5.32 Å². The molecule has 1 rings (SSSR count). The van der Waals surface area contributed by atoms with Crippen LogP contribution in [0.1, 0.15) is 18.9 Å². The average molecular weight is 238 g/mol. The Bertz CT molecular complexity index is 329. The molecule has 0 aliphatic carbocycles. The summed E-state index contributed by atoms with van der Waals surface area (Å²) < 4.78 is 5.38. The zero-order chi connectivity index (χ0) is 12.5. The minimum atomic E-state index is 0.239. The van der Waals surface area contributed by atoms with Gasteiger partial charge in [0.2, 0.25) is 0 Å². The lowest BCUT2D eigenvalue weighted by Crippen LogP contribution is -2.19. The third-order valence-corrected chi connectivity index (χ3v) is 2.48. The molecule has 0 unspecified atom stereocenters. The molecule has 0 saturated carbocycles.